The minimum Gasteiger partial charge on any atom is -0.480 e. The van der Waals surface area contributed by atoms with E-state index in [0.29, 0.717) is 19.1 Å². The number of piperidine rings is 1. The molecule has 1 saturated carbocycles. The molecular weight excluding hydrogens is 268 g/mol. The van der Waals surface area contributed by atoms with Gasteiger partial charge in [-0.3, -0.25) is 0 Å². The molecule has 5 nitrogen and oxygen atoms in total. The van der Waals surface area contributed by atoms with Gasteiger partial charge in [-0.2, -0.15) is 0 Å². The molecule has 0 radical (unpaired) electrons. The van der Waals surface area contributed by atoms with Crippen molar-refractivity contribution in [1.29, 1.82) is 0 Å². The summed E-state index contributed by atoms with van der Waals surface area (Å²) in [4.78, 5) is 27.9. The number of carboxylic acids is 1. The van der Waals surface area contributed by atoms with Crippen LogP contribution in [0.25, 0.3) is 0 Å². The first-order chi connectivity index (χ1) is 10.1. The van der Waals surface area contributed by atoms with Crippen molar-refractivity contribution in [2.45, 2.75) is 70.9 Å². The van der Waals surface area contributed by atoms with E-state index in [0.717, 1.165) is 25.7 Å². The van der Waals surface area contributed by atoms with Crippen LogP contribution < -0.4 is 0 Å². The van der Waals surface area contributed by atoms with Crippen molar-refractivity contribution >= 4 is 12.0 Å². The zero-order chi connectivity index (χ0) is 15.4. The minimum atomic E-state index is -0.866. The first kappa shape index (κ1) is 16.1. The number of hydrogen-bond donors (Lipinski definition) is 1. The van der Waals surface area contributed by atoms with Gasteiger partial charge in [0.15, 0.2) is 0 Å². The third-order valence-corrected chi connectivity index (χ3v) is 5.03. The van der Waals surface area contributed by atoms with E-state index in [-0.39, 0.29) is 11.9 Å². The number of carbonyl (C=O) groups excluding carboxylic acids is 1. The van der Waals surface area contributed by atoms with E-state index in [4.69, 9.17) is 0 Å². The van der Waals surface area contributed by atoms with E-state index in [1.165, 1.54) is 19.3 Å². The summed E-state index contributed by atoms with van der Waals surface area (Å²) < 4.78 is 0. The molecule has 1 aliphatic carbocycles. The smallest absolute Gasteiger partial charge is 0.326 e. The van der Waals surface area contributed by atoms with Gasteiger partial charge in [-0.05, 0) is 38.5 Å². The van der Waals surface area contributed by atoms with Gasteiger partial charge in [-0.15, -0.1) is 0 Å². The van der Waals surface area contributed by atoms with E-state index < -0.39 is 12.0 Å². The van der Waals surface area contributed by atoms with Crippen molar-refractivity contribution < 1.29 is 14.7 Å². The zero-order valence-electron chi connectivity index (χ0n) is 13.3. The number of likely N-dealkylation sites (tertiary alicyclic amines) is 1. The second kappa shape index (κ2) is 7.14. The molecule has 21 heavy (non-hydrogen) atoms. The van der Waals surface area contributed by atoms with Gasteiger partial charge in [0.2, 0.25) is 0 Å². The molecule has 0 aromatic rings. The Labute approximate surface area is 127 Å². The third kappa shape index (κ3) is 3.50. The molecule has 2 unspecified atom stereocenters. The summed E-state index contributed by atoms with van der Waals surface area (Å²) in [6.07, 6.45) is 7.50. The number of amides is 2. The van der Waals surface area contributed by atoms with Crippen molar-refractivity contribution in [2.24, 2.45) is 5.92 Å². The monoisotopic (exact) mass is 296 g/mol. The topological polar surface area (TPSA) is 60.9 Å². The maximum absolute atomic E-state index is 12.9. The molecule has 2 fully saturated rings. The summed E-state index contributed by atoms with van der Waals surface area (Å²) >= 11 is 0. The molecule has 0 spiro atoms. The Morgan fingerprint density at radius 3 is 2.38 bits per heavy atom. The Bertz CT molecular complexity index is 380. The molecule has 2 atom stereocenters. The molecule has 2 aliphatic rings. The maximum Gasteiger partial charge on any atom is 0.326 e. The summed E-state index contributed by atoms with van der Waals surface area (Å²) in [6.45, 7) is 5.18. The highest BCUT2D eigenvalue weighted by molar-refractivity contribution is 5.83. The summed E-state index contributed by atoms with van der Waals surface area (Å²) in [5.41, 5.74) is 0. The van der Waals surface area contributed by atoms with E-state index in [1.807, 2.05) is 18.7 Å². The van der Waals surface area contributed by atoms with Crippen molar-refractivity contribution in [3.63, 3.8) is 0 Å². The molecule has 0 aromatic heterocycles. The number of urea groups is 1. The van der Waals surface area contributed by atoms with Crippen LogP contribution in [0.2, 0.25) is 0 Å². The van der Waals surface area contributed by atoms with Crippen molar-refractivity contribution in [3.05, 3.63) is 0 Å². The lowest BCUT2D eigenvalue weighted by molar-refractivity contribution is -0.145. The number of carboxylic acid groups (broad SMARTS) is 1. The standard InChI is InChI=1S/C16H28N2O3/c1-3-17(13-9-5-4-6-10-13)16(21)18-11-7-8-12(2)14(18)15(19)20/h12-14H,3-11H2,1-2H3,(H,19,20). The molecule has 5 heteroatoms. The molecule has 1 heterocycles. The second-order valence-corrected chi connectivity index (χ2v) is 6.46. The summed E-state index contributed by atoms with van der Waals surface area (Å²) in [5.74, 6) is -0.833. The van der Waals surface area contributed by atoms with Crippen LogP contribution in [-0.4, -0.2) is 52.1 Å². The van der Waals surface area contributed by atoms with E-state index in [9.17, 15) is 14.7 Å². The predicted molar refractivity (Wildman–Crippen MR) is 81.2 cm³/mol. The second-order valence-electron chi connectivity index (χ2n) is 6.46. The van der Waals surface area contributed by atoms with Gasteiger partial charge in [-0.1, -0.05) is 26.2 Å². The van der Waals surface area contributed by atoms with Crippen LogP contribution in [0, 0.1) is 5.92 Å². The van der Waals surface area contributed by atoms with Crippen LogP contribution in [-0.2, 0) is 4.79 Å². The lowest BCUT2D eigenvalue weighted by atomic mass is 9.90. The van der Waals surface area contributed by atoms with Gasteiger partial charge >= 0.3 is 12.0 Å². The lowest BCUT2D eigenvalue weighted by Gasteiger charge is -2.42. The predicted octanol–water partition coefficient (Wildman–Crippen LogP) is 2.95. The number of carbonyl (C=O) groups is 2. The van der Waals surface area contributed by atoms with Gasteiger partial charge in [0.1, 0.15) is 6.04 Å². The van der Waals surface area contributed by atoms with Gasteiger partial charge in [0.25, 0.3) is 0 Å². The highest BCUT2D eigenvalue weighted by Crippen LogP contribution is 2.28. The van der Waals surface area contributed by atoms with Crippen LogP contribution in [0.5, 0.6) is 0 Å². The van der Waals surface area contributed by atoms with Crippen LogP contribution in [0.3, 0.4) is 0 Å². The van der Waals surface area contributed by atoms with Crippen LogP contribution in [0.4, 0.5) is 4.79 Å². The fourth-order valence-corrected chi connectivity index (χ4v) is 3.89. The zero-order valence-corrected chi connectivity index (χ0v) is 13.3. The molecule has 0 bridgehead atoms. The maximum atomic E-state index is 12.9. The van der Waals surface area contributed by atoms with Gasteiger partial charge in [0, 0.05) is 19.1 Å². The first-order valence-electron chi connectivity index (χ1n) is 8.36. The lowest BCUT2D eigenvalue weighted by Crippen LogP contribution is -2.57. The fourth-order valence-electron chi connectivity index (χ4n) is 3.89. The number of rotatable bonds is 3. The van der Waals surface area contributed by atoms with Crippen LogP contribution in [0.15, 0.2) is 0 Å². The Hall–Kier alpha value is -1.26. The van der Waals surface area contributed by atoms with Gasteiger partial charge in [0.05, 0.1) is 0 Å². The number of aliphatic carboxylic acids is 1. The fraction of sp³-hybridized carbons (Fsp3) is 0.875. The van der Waals surface area contributed by atoms with Crippen molar-refractivity contribution in [2.75, 3.05) is 13.1 Å². The highest BCUT2D eigenvalue weighted by Gasteiger charge is 2.39. The van der Waals surface area contributed by atoms with E-state index >= 15 is 0 Å². The average Bonchev–Trinajstić information content (AvgIpc) is 2.48. The minimum absolute atomic E-state index is 0.0326. The molecule has 2 rings (SSSR count). The molecular formula is C16H28N2O3. The first-order valence-corrected chi connectivity index (χ1v) is 8.36. The molecule has 1 saturated heterocycles. The Kier molecular flexibility index (Phi) is 5.48. The number of hydrogen-bond acceptors (Lipinski definition) is 2. The van der Waals surface area contributed by atoms with Gasteiger partial charge < -0.3 is 14.9 Å². The third-order valence-electron chi connectivity index (χ3n) is 5.03. The summed E-state index contributed by atoms with van der Waals surface area (Å²) in [7, 11) is 0. The number of nitrogens with zero attached hydrogens (tertiary/aromatic N) is 2. The Morgan fingerprint density at radius 2 is 1.81 bits per heavy atom. The largest absolute Gasteiger partial charge is 0.480 e. The van der Waals surface area contributed by atoms with E-state index in [1.54, 1.807) is 4.90 Å². The van der Waals surface area contributed by atoms with Crippen LogP contribution in [0.1, 0.15) is 58.8 Å². The molecule has 0 aromatic carbocycles. The summed E-state index contributed by atoms with van der Waals surface area (Å²) in [5, 5.41) is 9.48. The Balaban J connectivity index is 2.12. The molecule has 1 aliphatic heterocycles. The highest BCUT2D eigenvalue weighted by atomic mass is 16.4. The van der Waals surface area contributed by atoms with Crippen LogP contribution >= 0.6 is 0 Å². The SMILES string of the molecule is CCN(C(=O)N1CCCC(C)C1C(=O)O)C1CCCCC1. The summed E-state index contributed by atoms with van der Waals surface area (Å²) in [6, 6.07) is -0.435. The molecule has 120 valence electrons. The van der Waals surface area contributed by atoms with Gasteiger partial charge in [-0.25, -0.2) is 9.59 Å². The molecule has 1 N–H and O–H groups in total. The average molecular weight is 296 g/mol. The van der Waals surface area contributed by atoms with Crippen molar-refractivity contribution in [1.82, 2.24) is 9.80 Å². The van der Waals surface area contributed by atoms with E-state index in [2.05, 4.69) is 0 Å². The quantitative estimate of drug-likeness (QED) is 0.871. The Morgan fingerprint density at radius 1 is 1.14 bits per heavy atom. The normalized spacial score (nSPS) is 27.4. The van der Waals surface area contributed by atoms with Crippen molar-refractivity contribution in [3.8, 4) is 0 Å². The molecule has 2 amide bonds.